The number of rotatable bonds is 5. The summed E-state index contributed by atoms with van der Waals surface area (Å²) in [6, 6.07) is 9.50. The van der Waals surface area contributed by atoms with E-state index in [1.807, 2.05) is 24.3 Å². The van der Waals surface area contributed by atoms with Crippen molar-refractivity contribution < 1.29 is 9.90 Å². The zero-order chi connectivity index (χ0) is 27.4. The highest BCUT2D eigenvalue weighted by Gasteiger charge is 2.45. The van der Waals surface area contributed by atoms with E-state index in [1.165, 1.54) is 57.8 Å². The number of carbonyl (C=O) groups excluding carboxylic acids is 1. The number of aliphatic hydroxyl groups excluding tert-OH is 1. The first-order valence-electron chi connectivity index (χ1n) is 15.9. The smallest absolute Gasteiger partial charge is 0.275 e. The van der Waals surface area contributed by atoms with Crippen LogP contribution in [-0.2, 0) is 4.79 Å². The number of hydrogen-bond acceptors (Lipinski definition) is 5. The molecule has 2 aliphatic carbocycles. The second-order valence-electron chi connectivity index (χ2n) is 13.5. The van der Waals surface area contributed by atoms with Crippen LogP contribution in [0.3, 0.4) is 0 Å². The molecule has 3 saturated heterocycles. The Hall–Kier alpha value is -2.67. The molecule has 7 atom stereocenters. The molecule has 1 aromatic carbocycles. The molecule has 40 heavy (non-hydrogen) atoms. The average Bonchev–Trinajstić information content (AvgIpc) is 2.93. The van der Waals surface area contributed by atoms with Crippen LogP contribution in [-0.4, -0.2) is 55.0 Å². The summed E-state index contributed by atoms with van der Waals surface area (Å²) in [4.78, 5) is 36.8. The van der Waals surface area contributed by atoms with E-state index < -0.39 is 6.04 Å². The van der Waals surface area contributed by atoms with E-state index in [0.717, 1.165) is 48.2 Å². The zero-order valence-corrected chi connectivity index (χ0v) is 23.7. The summed E-state index contributed by atoms with van der Waals surface area (Å²) in [5, 5.41) is 9.97. The van der Waals surface area contributed by atoms with Crippen LogP contribution in [0.1, 0.15) is 108 Å². The lowest BCUT2D eigenvalue weighted by Crippen LogP contribution is -2.58. The molecule has 7 heteroatoms. The summed E-state index contributed by atoms with van der Waals surface area (Å²) in [6.45, 7) is 3.67. The van der Waals surface area contributed by atoms with Gasteiger partial charge in [0.15, 0.2) is 0 Å². The van der Waals surface area contributed by atoms with Gasteiger partial charge in [-0.3, -0.25) is 14.5 Å². The van der Waals surface area contributed by atoms with Gasteiger partial charge in [0.2, 0.25) is 5.91 Å². The normalized spacial score (nSPS) is 34.6. The second-order valence-corrected chi connectivity index (χ2v) is 13.5. The number of piperidine rings is 3. The lowest BCUT2D eigenvalue weighted by molar-refractivity contribution is -0.136. The number of likely N-dealkylation sites (tertiary alicyclic amines) is 1. The number of amides is 1. The number of hydrogen-bond donors (Lipinski definition) is 1. The SMILES string of the molecule is C=C(O)CN1C(=O)CCCC1c1nc2ccccc2n([C@H]2C[C@H]3CCC[C@@H](C2)N3[C@H]2C[C@@H]3CCC[C@@H](C3)C2)c1=O. The maximum absolute atomic E-state index is 14.4. The summed E-state index contributed by atoms with van der Waals surface area (Å²) >= 11 is 0. The highest BCUT2D eigenvalue weighted by molar-refractivity contribution is 5.78. The highest BCUT2D eigenvalue weighted by Crippen LogP contribution is 2.47. The molecule has 5 aliphatic rings. The Morgan fingerprint density at radius 2 is 1.55 bits per heavy atom. The van der Waals surface area contributed by atoms with E-state index >= 15 is 0 Å². The summed E-state index contributed by atoms with van der Waals surface area (Å²) in [5.41, 5.74) is 2.10. The van der Waals surface area contributed by atoms with E-state index in [4.69, 9.17) is 4.98 Å². The molecule has 2 aromatic rings. The lowest BCUT2D eigenvalue weighted by atomic mass is 9.68. The maximum atomic E-state index is 14.4. The van der Waals surface area contributed by atoms with Gasteiger partial charge in [0.25, 0.3) is 5.56 Å². The number of aromatic nitrogens is 2. The van der Waals surface area contributed by atoms with Gasteiger partial charge in [-0.1, -0.05) is 44.4 Å². The lowest BCUT2D eigenvalue weighted by Gasteiger charge is -2.55. The van der Waals surface area contributed by atoms with Crippen LogP contribution in [0.25, 0.3) is 11.0 Å². The maximum Gasteiger partial charge on any atom is 0.275 e. The number of aliphatic hydroxyl groups is 1. The molecule has 1 aromatic heterocycles. The number of carbonyl (C=O) groups is 1. The van der Waals surface area contributed by atoms with Gasteiger partial charge in [0, 0.05) is 30.6 Å². The predicted molar refractivity (Wildman–Crippen MR) is 156 cm³/mol. The standard InChI is InChI=1S/C33H44N4O3/c1-21(38)20-35-30(13-6-14-31(35)39)32-33(40)37(29-12-3-2-11-28(29)34-32)27-18-24-9-5-10-25(19-27)36(24)26-16-22-7-4-8-23(15-22)17-26/h2-3,11-12,22-27,30,38H,1,4-10,13-20H2/t22-,23+,24-,25+,26+,27+,30?. The first-order chi connectivity index (χ1) is 19.5. The fourth-order valence-corrected chi connectivity index (χ4v) is 9.49. The molecular formula is C33H44N4O3. The molecule has 0 radical (unpaired) electrons. The molecule has 3 aliphatic heterocycles. The predicted octanol–water partition coefficient (Wildman–Crippen LogP) is 6.05. The van der Waals surface area contributed by atoms with Crippen LogP contribution in [0.4, 0.5) is 0 Å². The first kappa shape index (κ1) is 26.2. The molecule has 5 fully saturated rings. The molecule has 0 spiro atoms. The van der Waals surface area contributed by atoms with Crippen molar-refractivity contribution in [1.82, 2.24) is 19.4 Å². The number of nitrogens with zero attached hydrogens (tertiary/aromatic N) is 4. The van der Waals surface area contributed by atoms with Crippen molar-refractivity contribution in [3.63, 3.8) is 0 Å². The third kappa shape index (κ3) is 4.68. The van der Waals surface area contributed by atoms with Gasteiger partial charge in [-0.2, -0.15) is 0 Å². The number of benzene rings is 1. The monoisotopic (exact) mass is 544 g/mol. The van der Waals surface area contributed by atoms with Gasteiger partial charge in [-0.15, -0.1) is 0 Å². The number of para-hydroxylation sites is 2. The van der Waals surface area contributed by atoms with E-state index in [-0.39, 0.29) is 29.8 Å². The van der Waals surface area contributed by atoms with Crippen molar-refractivity contribution in [2.75, 3.05) is 6.54 Å². The van der Waals surface area contributed by atoms with E-state index in [2.05, 4.69) is 16.0 Å². The average molecular weight is 545 g/mol. The number of fused-ring (bicyclic) bond motifs is 5. The topological polar surface area (TPSA) is 78.7 Å². The molecule has 4 bridgehead atoms. The van der Waals surface area contributed by atoms with Crippen molar-refractivity contribution in [3.05, 3.63) is 52.7 Å². The van der Waals surface area contributed by atoms with Crippen LogP contribution in [0, 0.1) is 11.8 Å². The van der Waals surface area contributed by atoms with Gasteiger partial charge < -0.3 is 14.6 Å². The Labute approximate surface area is 237 Å². The molecule has 1 amide bonds. The fraction of sp³-hybridized carbons (Fsp3) is 0.667. The van der Waals surface area contributed by atoms with E-state index in [1.54, 1.807) is 4.90 Å². The second kappa shape index (κ2) is 10.6. The van der Waals surface area contributed by atoms with Crippen LogP contribution in [0.2, 0.25) is 0 Å². The molecule has 2 saturated carbocycles. The molecule has 214 valence electrons. The summed E-state index contributed by atoms with van der Waals surface area (Å²) < 4.78 is 2.06. The summed E-state index contributed by atoms with van der Waals surface area (Å²) in [6.07, 6.45) is 16.1. The Bertz CT molecular complexity index is 1330. The van der Waals surface area contributed by atoms with Crippen molar-refractivity contribution in [1.29, 1.82) is 0 Å². The van der Waals surface area contributed by atoms with Crippen molar-refractivity contribution in [2.45, 2.75) is 120 Å². The summed E-state index contributed by atoms with van der Waals surface area (Å²) in [5.74, 6) is 1.73. The van der Waals surface area contributed by atoms with Crippen molar-refractivity contribution in [2.24, 2.45) is 11.8 Å². The minimum absolute atomic E-state index is 0.0450. The molecule has 7 rings (SSSR count). The van der Waals surface area contributed by atoms with Crippen LogP contribution in [0.15, 0.2) is 41.4 Å². The van der Waals surface area contributed by atoms with Gasteiger partial charge in [0.1, 0.15) is 11.5 Å². The van der Waals surface area contributed by atoms with Gasteiger partial charge in [0.05, 0.1) is 23.6 Å². The van der Waals surface area contributed by atoms with Gasteiger partial charge in [-0.25, -0.2) is 4.98 Å². The van der Waals surface area contributed by atoms with Crippen molar-refractivity contribution >= 4 is 16.9 Å². The molecule has 1 N–H and O–H groups in total. The minimum atomic E-state index is -0.435. The van der Waals surface area contributed by atoms with E-state index in [9.17, 15) is 14.7 Å². The fourth-order valence-electron chi connectivity index (χ4n) is 9.49. The van der Waals surface area contributed by atoms with Crippen LogP contribution in [0.5, 0.6) is 0 Å². The van der Waals surface area contributed by atoms with Crippen LogP contribution < -0.4 is 5.56 Å². The molecular weight excluding hydrogens is 500 g/mol. The zero-order valence-electron chi connectivity index (χ0n) is 23.7. The Kier molecular flexibility index (Phi) is 6.97. The molecule has 1 unspecified atom stereocenters. The third-order valence-corrected chi connectivity index (χ3v) is 10.9. The molecule has 7 nitrogen and oxygen atoms in total. The Morgan fingerprint density at radius 3 is 2.27 bits per heavy atom. The minimum Gasteiger partial charge on any atom is -0.511 e. The Balaban J connectivity index is 1.24. The van der Waals surface area contributed by atoms with Gasteiger partial charge in [-0.05, 0) is 81.8 Å². The molecule has 4 heterocycles. The summed E-state index contributed by atoms with van der Waals surface area (Å²) in [7, 11) is 0. The quantitative estimate of drug-likeness (QED) is 0.464. The van der Waals surface area contributed by atoms with Crippen LogP contribution >= 0.6 is 0 Å². The first-order valence-corrected chi connectivity index (χ1v) is 15.9. The largest absolute Gasteiger partial charge is 0.511 e. The third-order valence-electron chi connectivity index (χ3n) is 10.9. The van der Waals surface area contributed by atoms with Gasteiger partial charge >= 0.3 is 0 Å². The Morgan fingerprint density at radius 1 is 0.850 bits per heavy atom. The highest BCUT2D eigenvalue weighted by atomic mass is 16.3. The van der Waals surface area contributed by atoms with E-state index in [0.29, 0.717) is 30.6 Å². The van der Waals surface area contributed by atoms with Crippen molar-refractivity contribution in [3.8, 4) is 0 Å².